The number of rotatable bonds is 3. The Bertz CT molecular complexity index is 302. The third kappa shape index (κ3) is 3.05. The van der Waals surface area contributed by atoms with Gasteiger partial charge in [0.25, 0.3) is 0 Å². The molecule has 1 unspecified atom stereocenters. The SMILES string of the molecule is CC(C)CC1NCC(=O)N1C1CCC(C)(C)CC1. The van der Waals surface area contributed by atoms with E-state index in [2.05, 4.69) is 37.9 Å². The van der Waals surface area contributed by atoms with E-state index < -0.39 is 0 Å². The highest BCUT2D eigenvalue weighted by molar-refractivity contribution is 5.81. The molecular formula is C15H28N2O. The first kappa shape index (κ1) is 13.9. The van der Waals surface area contributed by atoms with Gasteiger partial charge in [-0.05, 0) is 43.4 Å². The van der Waals surface area contributed by atoms with E-state index in [-0.39, 0.29) is 6.17 Å². The molecule has 0 bridgehead atoms. The van der Waals surface area contributed by atoms with Gasteiger partial charge < -0.3 is 4.90 Å². The molecule has 3 nitrogen and oxygen atoms in total. The lowest BCUT2D eigenvalue weighted by molar-refractivity contribution is -0.131. The van der Waals surface area contributed by atoms with Crippen LogP contribution in [-0.2, 0) is 4.79 Å². The first-order valence-corrected chi connectivity index (χ1v) is 7.43. The third-order valence-corrected chi connectivity index (χ3v) is 4.51. The second kappa shape index (κ2) is 5.20. The summed E-state index contributed by atoms with van der Waals surface area (Å²) in [5.74, 6) is 0.946. The van der Waals surface area contributed by atoms with E-state index in [1.807, 2.05) is 0 Å². The Hall–Kier alpha value is -0.570. The van der Waals surface area contributed by atoms with Gasteiger partial charge in [-0.15, -0.1) is 0 Å². The van der Waals surface area contributed by atoms with Gasteiger partial charge in [0.2, 0.25) is 5.91 Å². The number of hydrogen-bond donors (Lipinski definition) is 1. The smallest absolute Gasteiger partial charge is 0.238 e. The fraction of sp³-hybridized carbons (Fsp3) is 0.933. The first-order chi connectivity index (χ1) is 8.39. The molecule has 18 heavy (non-hydrogen) atoms. The van der Waals surface area contributed by atoms with Crippen molar-refractivity contribution in [1.29, 1.82) is 0 Å². The van der Waals surface area contributed by atoms with Crippen LogP contribution >= 0.6 is 0 Å². The minimum atomic E-state index is 0.281. The molecule has 2 aliphatic rings. The molecule has 0 spiro atoms. The van der Waals surface area contributed by atoms with Crippen molar-refractivity contribution in [2.45, 2.75) is 72.0 Å². The molecule has 2 fully saturated rings. The van der Waals surface area contributed by atoms with Gasteiger partial charge in [0.1, 0.15) is 0 Å². The highest BCUT2D eigenvalue weighted by Gasteiger charge is 2.38. The van der Waals surface area contributed by atoms with Crippen molar-refractivity contribution in [1.82, 2.24) is 10.2 Å². The summed E-state index contributed by atoms with van der Waals surface area (Å²) in [6.07, 6.45) is 6.20. The van der Waals surface area contributed by atoms with Gasteiger partial charge in [0.15, 0.2) is 0 Å². The molecule has 1 saturated heterocycles. The van der Waals surface area contributed by atoms with Gasteiger partial charge in [-0.25, -0.2) is 0 Å². The quantitative estimate of drug-likeness (QED) is 0.837. The number of hydrogen-bond acceptors (Lipinski definition) is 2. The molecule has 1 heterocycles. The van der Waals surface area contributed by atoms with Crippen molar-refractivity contribution >= 4 is 5.91 Å². The molecule has 0 aromatic rings. The van der Waals surface area contributed by atoms with Crippen LogP contribution in [0.25, 0.3) is 0 Å². The molecule has 1 saturated carbocycles. The van der Waals surface area contributed by atoms with Crippen molar-refractivity contribution in [3.8, 4) is 0 Å². The predicted molar refractivity (Wildman–Crippen MR) is 74.1 cm³/mol. The number of nitrogens with one attached hydrogen (secondary N) is 1. The molecule has 0 radical (unpaired) electrons. The van der Waals surface area contributed by atoms with Gasteiger partial charge in [0, 0.05) is 6.04 Å². The normalized spacial score (nSPS) is 29.3. The van der Waals surface area contributed by atoms with E-state index in [1.165, 1.54) is 25.7 Å². The van der Waals surface area contributed by atoms with E-state index in [1.54, 1.807) is 0 Å². The number of amides is 1. The summed E-state index contributed by atoms with van der Waals surface area (Å²) >= 11 is 0. The van der Waals surface area contributed by atoms with Crippen molar-refractivity contribution < 1.29 is 4.79 Å². The van der Waals surface area contributed by atoms with Crippen LogP contribution in [0.5, 0.6) is 0 Å². The van der Waals surface area contributed by atoms with Crippen LogP contribution in [0.3, 0.4) is 0 Å². The van der Waals surface area contributed by atoms with E-state index >= 15 is 0 Å². The Morgan fingerprint density at radius 2 is 1.94 bits per heavy atom. The molecule has 1 N–H and O–H groups in total. The van der Waals surface area contributed by atoms with E-state index in [0.717, 1.165) is 6.42 Å². The van der Waals surface area contributed by atoms with E-state index in [0.29, 0.717) is 29.8 Å². The Labute approximate surface area is 111 Å². The number of carbonyl (C=O) groups is 1. The lowest BCUT2D eigenvalue weighted by atomic mass is 9.75. The van der Waals surface area contributed by atoms with Crippen LogP contribution in [0, 0.1) is 11.3 Å². The molecule has 1 amide bonds. The number of nitrogens with zero attached hydrogens (tertiary/aromatic N) is 1. The maximum atomic E-state index is 12.1. The zero-order valence-corrected chi connectivity index (χ0v) is 12.3. The molecule has 1 atom stereocenters. The van der Waals surface area contributed by atoms with Crippen LogP contribution < -0.4 is 5.32 Å². The zero-order valence-electron chi connectivity index (χ0n) is 12.3. The van der Waals surface area contributed by atoms with Gasteiger partial charge in [-0.3, -0.25) is 10.1 Å². The lowest BCUT2D eigenvalue weighted by Gasteiger charge is -2.41. The molecule has 0 aromatic carbocycles. The fourth-order valence-corrected chi connectivity index (χ4v) is 3.33. The Morgan fingerprint density at radius 3 is 2.50 bits per heavy atom. The van der Waals surface area contributed by atoms with Crippen molar-refractivity contribution in [3.63, 3.8) is 0 Å². The van der Waals surface area contributed by atoms with Gasteiger partial charge in [-0.1, -0.05) is 27.7 Å². The van der Waals surface area contributed by atoms with Crippen LogP contribution in [0.15, 0.2) is 0 Å². The van der Waals surface area contributed by atoms with E-state index in [9.17, 15) is 4.79 Å². The Morgan fingerprint density at radius 1 is 1.33 bits per heavy atom. The molecule has 1 aliphatic heterocycles. The molecule has 0 aromatic heterocycles. The van der Waals surface area contributed by atoms with Gasteiger partial charge in [-0.2, -0.15) is 0 Å². The summed E-state index contributed by atoms with van der Waals surface area (Å²) < 4.78 is 0. The van der Waals surface area contributed by atoms with Crippen LogP contribution in [0.2, 0.25) is 0 Å². The topological polar surface area (TPSA) is 32.3 Å². The lowest BCUT2D eigenvalue weighted by Crippen LogP contribution is -2.47. The van der Waals surface area contributed by atoms with Crippen molar-refractivity contribution in [2.24, 2.45) is 11.3 Å². The van der Waals surface area contributed by atoms with Crippen LogP contribution in [0.4, 0.5) is 0 Å². The monoisotopic (exact) mass is 252 g/mol. The Kier molecular flexibility index (Phi) is 4.00. The summed E-state index contributed by atoms with van der Waals surface area (Å²) in [6, 6.07) is 0.476. The minimum absolute atomic E-state index is 0.281. The van der Waals surface area contributed by atoms with Gasteiger partial charge >= 0.3 is 0 Å². The van der Waals surface area contributed by atoms with Crippen LogP contribution in [-0.4, -0.2) is 29.6 Å². The number of carbonyl (C=O) groups excluding carboxylic acids is 1. The zero-order chi connectivity index (χ0) is 13.3. The average molecular weight is 252 g/mol. The molecule has 1 aliphatic carbocycles. The largest absolute Gasteiger partial charge is 0.323 e. The summed E-state index contributed by atoms with van der Waals surface area (Å²) in [6.45, 7) is 9.69. The Balaban J connectivity index is 1.99. The van der Waals surface area contributed by atoms with Crippen molar-refractivity contribution in [2.75, 3.05) is 6.54 Å². The first-order valence-electron chi connectivity index (χ1n) is 7.43. The maximum Gasteiger partial charge on any atom is 0.238 e. The van der Waals surface area contributed by atoms with Crippen LogP contribution in [0.1, 0.15) is 59.8 Å². The molecular weight excluding hydrogens is 224 g/mol. The minimum Gasteiger partial charge on any atom is -0.323 e. The standard InChI is InChI=1S/C15H28N2O/c1-11(2)9-13-16-10-14(18)17(13)12-5-7-15(3,4)8-6-12/h11-13,16H,5-10H2,1-4H3. The second-order valence-corrected chi connectivity index (χ2v) is 7.22. The molecule has 104 valence electrons. The fourth-order valence-electron chi connectivity index (χ4n) is 3.33. The maximum absolute atomic E-state index is 12.1. The van der Waals surface area contributed by atoms with E-state index in [4.69, 9.17) is 0 Å². The summed E-state index contributed by atoms with van der Waals surface area (Å²) in [5, 5.41) is 3.38. The summed E-state index contributed by atoms with van der Waals surface area (Å²) in [4.78, 5) is 14.3. The predicted octanol–water partition coefficient (Wildman–Crippen LogP) is 2.76. The highest BCUT2D eigenvalue weighted by atomic mass is 16.2. The summed E-state index contributed by atoms with van der Waals surface area (Å²) in [5.41, 5.74) is 0.472. The summed E-state index contributed by atoms with van der Waals surface area (Å²) in [7, 11) is 0. The van der Waals surface area contributed by atoms with Crippen molar-refractivity contribution in [3.05, 3.63) is 0 Å². The highest BCUT2D eigenvalue weighted by Crippen LogP contribution is 2.38. The second-order valence-electron chi connectivity index (χ2n) is 7.22. The van der Waals surface area contributed by atoms with Gasteiger partial charge in [0.05, 0.1) is 12.7 Å². The molecule has 3 heteroatoms. The average Bonchev–Trinajstić information content (AvgIpc) is 2.60. The molecule has 2 rings (SSSR count). The third-order valence-electron chi connectivity index (χ3n) is 4.51.